The number of hydrogen-bond donors (Lipinski definition) is 0. The maximum Gasteiger partial charge on any atom is 0.150 e. The van der Waals surface area contributed by atoms with Gasteiger partial charge in [-0.2, -0.15) is 0 Å². The van der Waals surface area contributed by atoms with Crippen molar-refractivity contribution in [3.63, 3.8) is 0 Å². The molecule has 0 N–H and O–H groups in total. The van der Waals surface area contributed by atoms with Crippen LogP contribution in [0.3, 0.4) is 0 Å². The lowest BCUT2D eigenvalue weighted by atomic mass is 10.2. The monoisotopic (exact) mass is 214 g/mol. The highest BCUT2D eigenvalue weighted by atomic mass is 28.1. The highest BCUT2D eigenvalue weighted by Gasteiger charge is 1.80. The molecule has 0 saturated carbocycles. The van der Waals surface area contributed by atoms with Crippen LogP contribution in [0.25, 0.3) is 0 Å². The maximum atomic E-state index is 10.0. The van der Waals surface area contributed by atoms with Crippen molar-refractivity contribution in [1.29, 1.82) is 0 Å². The number of rotatable bonds is 1. The lowest BCUT2D eigenvalue weighted by Crippen LogP contribution is -1.97. The molecule has 1 nitrogen and oxygen atoms in total. The molecule has 0 amide bonds. The van der Waals surface area contributed by atoms with Crippen LogP contribution in [0.4, 0.5) is 0 Å². The van der Waals surface area contributed by atoms with Gasteiger partial charge in [0.1, 0.15) is 6.29 Å². The first-order valence-electron chi connectivity index (χ1n) is 4.85. The smallest absolute Gasteiger partial charge is 0.150 e. The molecular formula is C13H14OSi. The van der Waals surface area contributed by atoms with Gasteiger partial charge in [-0.3, -0.25) is 4.79 Å². The van der Waals surface area contributed by atoms with E-state index in [1.807, 2.05) is 24.3 Å². The van der Waals surface area contributed by atoms with Crippen molar-refractivity contribution in [1.82, 2.24) is 0 Å². The van der Waals surface area contributed by atoms with E-state index in [4.69, 9.17) is 0 Å². The number of aldehydes is 1. The first-order valence-corrected chi connectivity index (χ1v) is 5.85. The van der Waals surface area contributed by atoms with E-state index in [9.17, 15) is 4.79 Å². The predicted octanol–water partition coefficient (Wildman–Crippen LogP) is 1.18. The van der Waals surface area contributed by atoms with Crippen LogP contribution in [0, 0.1) is 0 Å². The Morgan fingerprint density at radius 1 is 0.800 bits per heavy atom. The summed E-state index contributed by atoms with van der Waals surface area (Å²) in [4.78, 5) is 10.0. The molecule has 0 bridgehead atoms. The zero-order valence-electron chi connectivity index (χ0n) is 8.76. The quantitative estimate of drug-likeness (QED) is 0.514. The molecule has 0 aliphatic heterocycles. The lowest BCUT2D eigenvalue weighted by molar-refractivity contribution is 0.112. The molecular weight excluding hydrogens is 200 g/mol. The van der Waals surface area contributed by atoms with Crippen molar-refractivity contribution in [2.24, 2.45) is 0 Å². The second kappa shape index (κ2) is 6.73. The number of hydrogen-bond acceptors (Lipinski definition) is 1. The normalized spacial score (nSPS) is 8.80. The average molecular weight is 214 g/mol. The molecule has 0 unspecified atom stereocenters. The molecule has 0 atom stereocenters. The van der Waals surface area contributed by atoms with Gasteiger partial charge in [0.05, 0.1) is 0 Å². The molecule has 0 heterocycles. The molecule has 2 aromatic carbocycles. The predicted molar refractivity (Wildman–Crippen MR) is 67.8 cm³/mol. The molecule has 2 rings (SSSR count). The Hall–Kier alpha value is -1.67. The highest BCUT2D eigenvalue weighted by Crippen LogP contribution is 1.91. The van der Waals surface area contributed by atoms with E-state index in [1.54, 1.807) is 12.1 Å². The van der Waals surface area contributed by atoms with Crippen LogP contribution in [0.2, 0.25) is 0 Å². The topological polar surface area (TPSA) is 17.1 Å². The zero-order valence-corrected chi connectivity index (χ0v) is 10.8. The molecule has 0 fully saturated rings. The fraction of sp³-hybridized carbons (Fsp3) is 0. The van der Waals surface area contributed by atoms with Gasteiger partial charge >= 0.3 is 0 Å². The average Bonchev–Trinajstić information content (AvgIpc) is 2.32. The van der Waals surface area contributed by atoms with Crippen LogP contribution >= 0.6 is 0 Å². The first-order chi connectivity index (χ1) is 7.33. The summed E-state index contributed by atoms with van der Waals surface area (Å²) >= 11 is 0. The van der Waals surface area contributed by atoms with Gasteiger partial charge in [-0.05, 0) is 0 Å². The molecule has 15 heavy (non-hydrogen) atoms. The summed E-state index contributed by atoms with van der Waals surface area (Å²) in [6, 6.07) is 19.6. The maximum absolute atomic E-state index is 10.0. The summed E-state index contributed by atoms with van der Waals surface area (Å²) in [5, 5.41) is 1.46. The van der Waals surface area contributed by atoms with Crippen molar-refractivity contribution >= 4 is 21.7 Å². The SMILES string of the molecule is O=Cc1ccccc1.[SiH3]c1ccccc1. The van der Waals surface area contributed by atoms with E-state index in [0.717, 1.165) is 11.8 Å². The van der Waals surface area contributed by atoms with Crippen LogP contribution in [-0.4, -0.2) is 16.5 Å². The van der Waals surface area contributed by atoms with Crippen molar-refractivity contribution in [3.05, 3.63) is 66.2 Å². The molecule has 0 spiro atoms. The number of carbonyl (C=O) groups is 1. The van der Waals surface area contributed by atoms with Crippen molar-refractivity contribution in [2.75, 3.05) is 0 Å². The van der Waals surface area contributed by atoms with Crippen molar-refractivity contribution in [3.8, 4) is 0 Å². The Balaban J connectivity index is 0.000000151. The third-order valence-corrected chi connectivity index (χ3v) is 2.54. The fourth-order valence-corrected chi connectivity index (χ4v) is 1.45. The largest absolute Gasteiger partial charge is 0.298 e. The minimum Gasteiger partial charge on any atom is -0.298 e. The minimum atomic E-state index is 0.729. The Kier molecular flexibility index (Phi) is 5.12. The first kappa shape index (κ1) is 11.4. The van der Waals surface area contributed by atoms with Gasteiger partial charge in [0.15, 0.2) is 0 Å². The van der Waals surface area contributed by atoms with Gasteiger partial charge in [-0.25, -0.2) is 0 Å². The molecule has 2 aromatic rings. The van der Waals surface area contributed by atoms with Gasteiger partial charge < -0.3 is 0 Å². The fourth-order valence-electron chi connectivity index (χ4n) is 1.07. The van der Waals surface area contributed by atoms with Crippen molar-refractivity contribution in [2.45, 2.75) is 0 Å². The van der Waals surface area contributed by atoms with Gasteiger partial charge in [-0.1, -0.05) is 65.9 Å². The Bertz CT molecular complexity index is 384. The van der Waals surface area contributed by atoms with E-state index < -0.39 is 0 Å². The molecule has 0 radical (unpaired) electrons. The molecule has 0 aromatic heterocycles. The molecule has 0 saturated heterocycles. The summed E-state index contributed by atoms with van der Waals surface area (Å²) in [7, 11) is 1.17. The second-order valence-electron chi connectivity index (χ2n) is 3.18. The summed E-state index contributed by atoms with van der Waals surface area (Å²) < 4.78 is 0. The Labute approximate surface area is 93.2 Å². The van der Waals surface area contributed by atoms with Crippen LogP contribution in [0.5, 0.6) is 0 Å². The summed E-state index contributed by atoms with van der Waals surface area (Å²) in [6.45, 7) is 0. The molecule has 76 valence electrons. The number of carbonyl (C=O) groups excluding carboxylic acids is 1. The van der Waals surface area contributed by atoms with Gasteiger partial charge in [0.2, 0.25) is 0 Å². The molecule has 2 heteroatoms. The number of benzene rings is 2. The van der Waals surface area contributed by atoms with E-state index >= 15 is 0 Å². The Morgan fingerprint density at radius 3 is 1.53 bits per heavy atom. The van der Waals surface area contributed by atoms with Crippen LogP contribution in [-0.2, 0) is 0 Å². The summed E-state index contributed by atoms with van der Waals surface area (Å²) in [5.74, 6) is 0. The minimum absolute atomic E-state index is 0.729. The van der Waals surface area contributed by atoms with Gasteiger partial charge in [0.25, 0.3) is 0 Å². The summed E-state index contributed by atoms with van der Waals surface area (Å²) in [6.07, 6.45) is 0.833. The van der Waals surface area contributed by atoms with Gasteiger partial charge in [0, 0.05) is 15.8 Å². The third-order valence-electron chi connectivity index (χ3n) is 1.88. The third kappa shape index (κ3) is 4.93. The van der Waals surface area contributed by atoms with Gasteiger partial charge in [-0.15, -0.1) is 0 Å². The Morgan fingerprint density at radius 2 is 1.27 bits per heavy atom. The molecule has 0 aliphatic rings. The van der Waals surface area contributed by atoms with Crippen molar-refractivity contribution < 1.29 is 4.79 Å². The van der Waals surface area contributed by atoms with E-state index in [-0.39, 0.29) is 0 Å². The lowest BCUT2D eigenvalue weighted by Gasteiger charge is -1.82. The second-order valence-corrected chi connectivity index (χ2v) is 4.34. The standard InChI is InChI=1S/C7H6O.C6H8Si/c8-6-7-4-2-1-3-5-7;7-6-4-2-1-3-5-6/h1-6H;1-5H,7H3. The van der Waals surface area contributed by atoms with Crippen LogP contribution < -0.4 is 5.19 Å². The van der Waals surface area contributed by atoms with E-state index in [2.05, 4.69) is 24.3 Å². The van der Waals surface area contributed by atoms with Crippen LogP contribution in [0.15, 0.2) is 60.7 Å². The summed E-state index contributed by atoms with van der Waals surface area (Å²) in [5.41, 5.74) is 0.729. The van der Waals surface area contributed by atoms with E-state index in [0.29, 0.717) is 0 Å². The highest BCUT2D eigenvalue weighted by molar-refractivity contribution is 6.32. The van der Waals surface area contributed by atoms with E-state index in [1.165, 1.54) is 15.4 Å². The zero-order chi connectivity index (χ0) is 10.9. The van der Waals surface area contributed by atoms with Crippen LogP contribution in [0.1, 0.15) is 10.4 Å². The molecule has 0 aliphatic carbocycles.